The number of carboxylic acid groups (broad SMARTS) is 1. The summed E-state index contributed by atoms with van der Waals surface area (Å²) in [5.41, 5.74) is 4.96. The summed E-state index contributed by atoms with van der Waals surface area (Å²) in [6.07, 6.45) is -1.30. The Morgan fingerprint density at radius 1 is 1.07 bits per heavy atom. The van der Waals surface area contributed by atoms with Gasteiger partial charge in [0.2, 0.25) is 0 Å². The van der Waals surface area contributed by atoms with Crippen molar-refractivity contribution >= 4 is 23.8 Å². The zero-order valence-corrected chi connectivity index (χ0v) is 18.0. The number of nitrogens with one attached hydrogen (secondary N) is 2. The smallest absolute Gasteiger partial charge is 0.426 e. The molecule has 162 valence electrons. The molecule has 0 radical (unpaired) electrons. The van der Waals surface area contributed by atoms with Crippen molar-refractivity contribution in [3.63, 3.8) is 0 Å². The summed E-state index contributed by atoms with van der Waals surface area (Å²) in [5.74, 6) is -1.15. The van der Waals surface area contributed by atoms with Gasteiger partial charge in [-0.15, -0.1) is 0 Å². The summed E-state index contributed by atoms with van der Waals surface area (Å²) < 4.78 is 10.4. The van der Waals surface area contributed by atoms with Gasteiger partial charge in [0, 0.05) is 13.5 Å². The standard InChI is InChI=1S/C20H31N3O6/c1-19(2,3)28-17(26)22-21-14-10-8-9-13(11-14)12-15(16(24)25)23(7)18(27)29-20(4,5)6/h8-11,15,21H,12H2,1-7H3,(H,22,26)(H,24,25)/t15-/m1/s1. The maximum absolute atomic E-state index is 12.2. The van der Waals surface area contributed by atoms with Crippen LogP contribution in [-0.2, 0) is 20.7 Å². The molecule has 0 aliphatic rings. The van der Waals surface area contributed by atoms with Crippen LogP contribution in [0.5, 0.6) is 0 Å². The fraction of sp³-hybridized carbons (Fsp3) is 0.550. The molecule has 9 heteroatoms. The monoisotopic (exact) mass is 409 g/mol. The van der Waals surface area contributed by atoms with Crippen LogP contribution in [-0.4, -0.2) is 52.5 Å². The molecule has 0 saturated carbocycles. The average Bonchev–Trinajstić information content (AvgIpc) is 2.54. The van der Waals surface area contributed by atoms with E-state index in [-0.39, 0.29) is 6.42 Å². The first kappa shape index (κ1) is 24.1. The topological polar surface area (TPSA) is 117 Å². The number of ether oxygens (including phenoxy) is 2. The highest BCUT2D eigenvalue weighted by atomic mass is 16.6. The van der Waals surface area contributed by atoms with Gasteiger partial charge in [-0.1, -0.05) is 12.1 Å². The minimum atomic E-state index is -1.15. The normalized spacial score (nSPS) is 12.5. The van der Waals surface area contributed by atoms with Crippen LogP contribution in [0.4, 0.5) is 15.3 Å². The zero-order valence-electron chi connectivity index (χ0n) is 18.0. The molecule has 0 saturated heterocycles. The van der Waals surface area contributed by atoms with Crippen LogP contribution >= 0.6 is 0 Å². The highest BCUT2D eigenvalue weighted by Gasteiger charge is 2.30. The van der Waals surface area contributed by atoms with Crippen molar-refractivity contribution in [2.24, 2.45) is 0 Å². The minimum absolute atomic E-state index is 0.0625. The largest absolute Gasteiger partial charge is 0.480 e. The van der Waals surface area contributed by atoms with Gasteiger partial charge in [-0.25, -0.2) is 19.8 Å². The van der Waals surface area contributed by atoms with Gasteiger partial charge in [0.15, 0.2) is 0 Å². The van der Waals surface area contributed by atoms with Crippen molar-refractivity contribution in [3.05, 3.63) is 29.8 Å². The van der Waals surface area contributed by atoms with Crippen LogP contribution in [0, 0.1) is 0 Å². The maximum Gasteiger partial charge on any atom is 0.426 e. The molecule has 1 aromatic rings. The van der Waals surface area contributed by atoms with E-state index in [0.29, 0.717) is 11.3 Å². The van der Waals surface area contributed by atoms with Crippen LogP contribution < -0.4 is 10.9 Å². The molecule has 0 bridgehead atoms. The number of hydrogen-bond donors (Lipinski definition) is 3. The summed E-state index contributed by atoms with van der Waals surface area (Å²) in [6, 6.07) is 5.71. The number of aliphatic carboxylic acids is 1. The third-order valence-electron chi connectivity index (χ3n) is 3.50. The Kier molecular flexibility index (Phi) is 7.87. The van der Waals surface area contributed by atoms with E-state index in [0.717, 1.165) is 4.90 Å². The van der Waals surface area contributed by atoms with Crippen molar-refractivity contribution in [3.8, 4) is 0 Å². The lowest BCUT2D eigenvalue weighted by Gasteiger charge is -2.28. The third kappa shape index (κ3) is 9.18. The van der Waals surface area contributed by atoms with E-state index in [1.165, 1.54) is 7.05 Å². The summed E-state index contributed by atoms with van der Waals surface area (Å²) >= 11 is 0. The molecule has 1 aromatic carbocycles. The number of anilines is 1. The van der Waals surface area contributed by atoms with Gasteiger partial charge in [-0.3, -0.25) is 10.3 Å². The molecule has 9 nitrogen and oxygen atoms in total. The molecular formula is C20H31N3O6. The second-order valence-corrected chi connectivity index (χ2v) is 8.60. The summed E-state index contributed by atoms with van der Waals surface area (Å²) in [7, 11) is 1.39. The molecular weight excluding hydrogens is 378 g/mol. The Hall–Kier alpha value is -2.97. The quantitative estimate of drug-likeness (QED) is 0.616. The maximum atomic E-state index is 12.2. The molecule has 0 unspecified atom stereocenters. The lowest BCUT2D eigenvalue weighted by molar-refractivity contribution is -0.142. The SMILES string of the molecule is CN(C(=O)OC(C)(C)C)[C@H](Cc1cccc(NNC(=O)OC(C)(C)C)c1)C(=O)O. The van der Waals surface area contributed by atoms with Crippen molar-refractivity contribution in [2.75, 3.05) is 12.5 Å². The van der Waals surface area contributed by atoms with Crippen LogP contribution in [0.2, 0.25) is 0 Å². The van der Waals surface area contributed by atoms with Crippen molar-refractivity contribution in [1.29, 1.82) is 0 Å². The molecule has 0 aliphatic heterocycles. The van der Waals surface area contributed by atoms with Gasteiger partial charge in [0.1, 0.15) is 17.2 Å². The van der Waals surface area contributed by atoms with Crippen molar-refractivity contribution in [2.45, 2.75) is 65.2 Å². The van der Waals surface area contributed by atoms with Gasteiger partial charge in [-0.05, 0) is 59.2 Å². The molecule has 0 aromatic heterocycles. The molecule has 0 spiro atoms. The molecule has 29 heavy (non-hydrogen) atoms. The Morgan fingerprint density at radius 3 is 2.17 bits per heavy atom. The number of carbonyl (C=O) groups excluding carboxylic acids is 2. The first-order valence-corrected chi connectivity index (χ1v) is 9.20. The molecule has 1 rings (SSSR count). The average molecular weight is 409 g/mol. The second-order valence-electron chi connectivity index (χ2n) is 8.60. The van der Waals surface area contributed by atoms with Gasteiger partial charge < -0.3 is 14.6 Å². The van der Waals surface area contributed by atoms with Gasteiger partial charge >= 0.3 is 18.2 Å². The number of carbonyl (C=O) groups is 3. The summed E-state index contributed by atoms with van der Waals surface area (Å²) in [6.45, 7) is 10.4. The Bertz CT molecular complexity index is 736. The number of nitrogens with zero attached hydrogens (tertiary/aromatic N) is 1. The first-order valence-electron chi connectivity index (χ1n) is 9.20. The number of likely N-dealkylation sites (N-methyl/N-ethyl adjacent to an activating group) is 1. The predicted octanol–water partition coefficient (Wildman–Crippen LogP) is 3.40. The first-order chi connectivity index (χ1) is 13.2. The number of rotatable bonds is 6. The molecule has 0 aliphatic carbocycles. The van der Waals surface area contributed by atoms with Crippen molar-refractivity contribution < 1.29 is 29.0 Å². The van der Waals surface area contributed by atoms with E-state index in [9.17, 15) is 19.5 Å². The van der Waals surface area contributed by atoms with Crippen LogP contribution in [0.3, 0.4) is 0 Å². The number of hydrazine groups is 1. The van der Waals surface area contributed by atoms with E-state index in [1.54, 1.807) is 65.8 Å². The lowest BCUT2D eigenvalue weighted by atomic mass is 10.0. The number of hydrogen-bond acceptors (Lipinski definition) is 6. The number of amides is 2. The number of benzene rings is 1. The molecule has 0 heterocycles. The molecule has 3 N–H and O–H groups in total. The van der Waals surface area contributed by atoms with E-state index < -0.39 is 35.4 Å². The van der Waals surface area contributed by atoms with E-state index >= 15 is 0 Å². The van der Waals surface area contributed by atoms with Gasteiger partial charge in [-0.2, -0.15) is 0 Å². The molecule has 1 atom stereocenters. The highest BCUT2D eigenvalue weighted by Crippen LogP contribution is 2.16. The Morgan fingerprint density at radius 2 is 1.66 bits per heavy atom. The van der Waals surface area contributed by atoms with E-state index in [2.05, 4.69) is 10.9 Å². The Balaban J connectivity index is 2.82. The molecule has 0 fully saturated rings. The van der Waals surface area contributed by atoms with E-state index in [4.69, 9.17) is 9.47 Å². The van der Waals surface area contributed by atoms with Crippen LogP contribution in [0.15, 0.2) is 24.3 Å². The van der Waals surface area contributed by atoms with Crippen LogP contribution in [0.1, 0.15) is 47.1 Å². The fourth-order valence-electron chi connectivity index (χ4n) is 2.28. The third-order valence-corrected chi connectivity index (χ3v) is 3.50. The molecule has 2 amide bonds. The minimum Gasteiger partial charge on any atom is -0.480 e. The van der Waals surface area contributed by atoms with Crippen LogP contribution in [0.25, 0.3) is 0 Å². The predicted molar refractivity (Wildman–Crippen MR) is 109 cm³/mol. The van der Waals surface area contributed by atoms with Gasteiger partial charge in [0.25, 0.3) is 0 Å². The van der Waals surface area contributed by atoms with E-state index in [1.807, 2.05) is 0 Å². The lowest BCUT2D eigenvalue weighted by Crippen LogP contribution is -2.46. The van der Waals surface area contributed by atoms with Gasteiger partial charge in [0.05, 0.1) is 5.69 Å². The fourth-order valence-corrected chi connectivity index (χ4v) is 2.28. The van der Waals surface area contributed by atoms with Crippen molar-refractivity contribution in [1.82, 2.24) is 10.3 Å². The highest BCUT2D eigenvalue weighted by molar-refractivity contribution is 5.80. The summed E-state index contributed by atoms with van der Waals surface area (Å²) in [5, 5.41) is 9.57. The zero-order chi connectivity index (χ0) is 22.4. The second kappa shape index (κ2) is 9.49. The number of carboxylic acids is 1. The summed E-state index contributed by atoms with van der Waals surface area (Å²) in [4.78, 5) is 36.7. The Labute approximate surface area is 171 Å².